The summed E-state index contributed by atoms with van der Waals surface area (Å²) in [7, 11) is 0. The van der Waals surface area contributed by atoms with E-state index in [0.717, 1.165) is 0 Å². The lowest BCUT2D eigenvalue weighted by molar-refractivity contribution is -0.131. The van der Waals surface area contributed by atoms with E-state index in [1.807, 2.05) is 0 Å². The summed E-state index contributed by atoms with van der Waals surface area (Å²) in [6.07, 6.45) is 1.80. The zero-order valence-electron chi connectivity index (χ0n) is 10.9. The third kappa shape index (κ3) is 1.45. The number of nitrogens with one attached hydrogen (secondary N) is 3. The second-order valence-corrected chi connectivity index (χ2v) is 5.48. The number of aromatic nitrogens is 2. The zero-order chi connectivity index (χ0) is 14.6. The number of thioether (sulfide) groups is 1. The highest BCUT2D eigenvalue weighted by atomic mass is 32.2. The number of rotatable bonds is 1. The maximum atomic E-state index is 12.5. The van der Waals surface area contributed by atoms with Gasteiger partial charge in [0.2, 0.25) is 5.60 Å². The van der Waals surface area contributed by atoms with E-state index >= 15 is 0 Å². The van der Waals surface area contributed by atoms with E-state index in [1.54, 1.807) is 30.5 Å². The van der Waals surface area contributed by atoms with Crippen LogP contribution in [0, 0.1) is 0 Å². The molecule has 2 aliphatic rings. The minimum Gasteiger partial charge on any atom is -0.322 e. The number of fused-ring (bicyclic) bond motifs is 4. The lowest BCUT2D eigenvalue weighted by Crippen LogP contribution is -2.39. The molecule has 21 heavy (non-hydrogen) atoms. The monoisotopic (exact) mass is 302 g/mol. The molecular formula is C13H10N4O3S. The molecule has 7 nitrogen and oxygen atoms in total. The Balaban J connectivity index is 2.03. The molecule has 1 atom stereocenters. The van der Waals surface area contributed by atoms with Gasteiger partial charge in [-0.15, -0.1) is 0 Å². The van der Waals surface area contributed by atoms with E-state index < -0.39 is 11.5 Å². The van der Waals surface area contributed by atoms with Gasteiger partial charge < -0.3 is 10.3 Å². The highest BCUT2D eigenvalue weighted by Gasteiger charge is 2.57. The number of benzene rings is 1. The first-order valence-electron chi connectivity index (χ1n) is 6.20. The average Bonchev–Trinajstić information content (AvgIpc) is 3.01. The van der Waals surface area contributed by atoms with E-state index in [1.165, 1.54) is 11.8 Å². The molecule has 1 amide bonds. The number of nitrogens with zero attached hydrogens (tertiary/aromatic N) is 1. The van der Waals surface area contributed by atoms with Gasteiger partial charge in [-0.1, -0.05) is 30.0 Å². The Morgan fingerprint density at radius 1 is 1.29 bits per heavy atom. The number of hydrogen-bond acceptors (Lipinski definition) is 6. The molecule has 1 aromatic carbocycles. The van der Waals surface area contributed by atoms with Crippen molar-refractivity contribution in [2.75, 3.05) is 17.1 Å². The summed E-state index contributed by atoms with van der Waals surface area (Å²) < 4.78 is 0. The molecule has 1 spiro atoms. The number of anilines is 2. The molecule has 0 saturated carbocycles. The summed E-state index contributed by atoms with van der Waals surface area (Å²) in [6.45, 7) is 0. The SMILES string of the molecule is CSc1nc2c(c(=O)[nH]1)C1(ON2)C(=O)Nc2ccccc21. The van der Waals surface area contributed by atoms with Gasteiger partial charge in [0.1, 0.15) is 5.56 Å². The van der Waals surface area contributed by atoms with Crippen molar-refractivity contribution in [2.45, 2.75) is 10.8 Å². The molecule has 106 valence electrons. The van der Waals surface area contributed by atoms with Crippen molar-refractivity contribution in [1.29, 1.82) is 0 Å². The molecule has 1 aromatic heterocycles. The molecule has 3 heterocycles. The van der Waals surface area contributed by atoms with Crippen LogP contribution in [0.15, 0.2) is 34.2 Å². The van der Waals surface area contributed by atoms with Gasteiger partial charge in [0.05, 0.1) is 0 Å². The molecule has 2 aromatic rings. The minimum atomic E-state index is -1.48. The van der Waals surface area contributed by atoms with Gasteiger partial charge >= 0.3 is 0 Å². The van der Waals surface area contributed by atoms with Gasteiger partial charge in [-0.05, 0) is 12.3 Å². The molecule has 0 saturated heterocycles. The normalized spacial score (nSPS) is 21.9. The number of amides is 1. The average molecular weight is 302 g/mol. The third-order valence-electron chi connectivity index (χ3n) is 3.62. The summed E-state index contributed by atoms with van der Waals surface area (Å²) in [5.74, 6) is -0.130. The van der Waals surface area contributed by atoms with Crippen LogP contribution in [0.25, 0.3) is 0 Å². The van der Waals surface area contributed by atoms with Gasteiger partial charge in [0.25, 0.3) is 11.5 Å². The Morgan fingerprint density at radius 2 is 2.10 bits per heavy atom. The Kier molecular flexibility index (Phi) is 2.42. The van der Waals surface area contributed by atoms with Gasteiger partial charge in [0, 0.05) is 11.3 Å². The molecule has 0 aliphatic carbocycles. The van der Waals surface area contributed by atoms with Crippen LogP contribution >= 0.6 is 11.8 Å². The van der Waals surface area contributed by atoms with Crippen molar-refractivity contribution in [3.8, 4) is 0 Å². The van der Waals surface area contributed by atoms with Crippen LogP contribution in [0.4, 0.5) is 11.5 Å². The lowest BCUT2D eigenvalue weighted by atomic mass is 9.89. The first-order chi connectivity index (χ1) is 10.2. The largest absolute Gasteiger partial charge is 0.322 e. The predicted octanol–water partition coefficient (Wildman–Crippen LogP) is 1.04. The van der Waals surface area contributed by atoms with Crippen LogP contribution in [0.3, 0.4) is 0 Å². The number of carbonyl (C=O) groups excluding carboxylic acids is 1. The topological polar surface area (TPSA) is 96.1 Å². The molecule has 8 heteroatoms. The summed E-state index contributed by atoms with van der Waals surface area (Å²) >= 11 is 1.30. The number of hydrogen-bond donors (Lipinski definition) is 3. The van der Waals surface area contributed by atoms with Gasteiger partial charge in [-0.2, -0.15) is 0 Å². The standard InChI is InChI=1S/C13H10N4O3S/c1-21-12-15-9-8(10(18)16-12)13(20-17-9)6-4-2-3-5-7(6)14-11(13)19/h2-5H,1H3,(H,14,19)(H2,15,16,17,18). The van der Waals surface area contributed by atoms with Crippen molar-refractivity contribution in [2.24, 2.45) is 0 Å². The van der Waals surface area contributed by atoms with Crippen LogP contribution in [0.2, 0.25) is 0 Å². The van der Waals surface area contributed by atoms with Crippen molar-refractivity contribution >= 4 is 29.2 Å². The van der Waals surface area contributed by atoms with Gasteiger partial charge in [-0.3, -0.25) is 9.59 Å². The second-order valence-electron chi connectivity index (χ2n) is 4.68. The Hall–Kier alpha value is -2.32. The summed E-state index contributed by atoms with van der Waals surface area (Å²) in [4.78, 5) is 37.3. The Bertz CT molecular complexity index is 834. The smallest absolute Gasteiger partial charge is 0.269 e. The number of para-hydroxylation sites is 1. The fourth-order valence-corrected chi connectivity index (χ4v) is 3.08. The molecule has 0 radical (unpaired) electrons. The van der Waals surface area contributed by atoms with Crippen LogP contribution in [0.1, 0.15) is 11.1 Å². The van der Waals surface area contributed by atoms with Crippen molar-refractivity contribution in [3.05, 3.63) is 45.7 Å². The zero-order valence-corrected chi connectivity index (χ0v) is 11.7. The molecule has 3 N–H and O–H groups in total. The van der Waals surface area contributed by atoms with E-state index in [9.17, 15) is 9.59 Å². The fraction of sp³-hybridized carbons (Fsp3) is 0.154. The minimum absolute atomic E-state index is 0.183. The van der Waals surface area contributed by atoms with E-state index in [2.05, 4.69) is 20.8 Å². The number of carbonyl (C=O) groups is 1. The quantitative estimate of drug-likeness (QED) is 0.538. The highest BCUT2D eigenvalue weighted by molar-refractivity contribution is 7.98. The van der Waals surface area contributed by atoms with E-state index in [4.69, 9.17) is 4.84 Å². The van der Waals surface area contributed by atoms with Gasteiger partial charge in [-0.25, -0.2) is 15.3 Å². The Morgan fingerprint density at radius 3 is 2.90 bits per heavy atom. The maximum Gasteiger partial charge on any atom is 0.269 e. The first-order valence-corrected chi connectivity index (χ1v) is 7.43. The molecule has 2 aliphatic heterocycles. The second kappa shape index (κ2) is 4.09. The summed E-state index contributed by atoms with van der Waals surface area (Å²) in [5, 5.41) is 3.19. The van der Waals surface area contributed by atoms with E-state index in [-0.39, 0.29) is 16.9 Å². The fourth-order valence-electron chi connectivity index (χ4n) is 2.71. The first kappa shape index (κ1) is 12.4. The number of aromatic amines is 1. The maximum absolute atomic E-state index is 12.5. The van der Waals surface area contributed by atoms with Crippen molar-refractivity contribution in [3.63, 3.8) is 0 Å². The predicted molar refractivity (Wildman–Crippen MR) is 77.2 cm³/mol. The molecular weight excluding hydrogens is 292 g/mol. The Labute approximate surface area is 123 Å². The van der Waals surface area contributed by atoms with Crippen molar-refractivity contribution in [1.82, 2.24) is 9.97 Å². The van der Waals surface area contributed by atoms with Gasteiger partial charge in [0.15, 0.2) is 11.0 Å². The summed E-state index contributed by atoms with van der Waals surface area (Å²) in [6, 6.07) is 7.12. The molecule has 1 unspecified atom stereocenters. The molecule has 0 bridgehead atoms. The van der Waals surface area contributed by atoms with E-state index in [0.29, 0.717) is 16.4 Å². The highest BCUT2D eigenvalue weighted by Crippen LogP contribution is 2.47. The summed E-state index contributed by atoms with van der Waals surface area (Å²) in [5.41, 5.74) is 2.16. The van der Waals surface area contributed by atoms with Crippen LogP contribution in [0.5, 0.6) is 0 Å². The van der Waals surface area contributed by atoms with Crippen LogP contribution in [-0.2, 0) is 15.2 Å². The van der Waals surface area contributed by atoms with Crippen molar-refractivity contribution < 1.29 is 9.63 Å². The third-order valence-corrected chi connectivity index (χ3v) is 4.20. The number of H-pyrrole nitrogens is 1. The lowest BCUT2D eigenvalue weighted by Gasteiger charge is -2.18. The molecule has 0 fully saturated rings. The molecule has 4 rings (SSSR count). The van der Waals surface area contributed by atoms with Crippen LogP contribution in [-0.4, -0.2) is 22.1 Å². The van der Waals surface area contributed by atoms with Crippen LogP contribution < -0.4 is 16.4 Å².